The Morgan fingerprint density at radius 1 is 1.35 bits per heavy atom. The number of amides is 1. The highest BCUT2D eigenvalue weighted by Gasteiger charge is 2.19. The van der Waals surface area contributed by atoms with E-state index in [9.17, 15) is 4.79 Å². The first-order valence-corrected chi connectivity index (χ1v) is 7.03. The van der Waals surface area contributed by atoms with E-state index in [1.807, 2.05) is 48.8 Å². The lowest BCUT2D eigenvalue weighted by atomic mass is 10.1. The van der Waals surface area contributed by atoms with Gasteiger partial charge in [-0.2, -0.15) is 11.8 Å². The van der Waals surface area contributed by atoms with Crippen LogP contribution in [-0.4, -0.2) is 42.4 Å². The lowest BCUT2D eigenvalue weighted by molar-refractivity contribution is 0.0771. The number of carbonyl (C=O) groups excluding carboxylic acids is 1. The van der Waals surface area contributed by atoms with Gasteiger partial charge >= 0.3 is 0 Å². The number of hydrogen-bond donors (Lipinski definition) is 1. The normalized spacial score (nSPS) is 15.8. The van der Waals surface area contributed by atoms with Gasteiger partial charge < -0.3 is 10.2 Å². The van der Waals surface area contributed by atoms with Crippen molar-refractivity contribution < 1.29 is 4.79 Å². The van der Waals surface area contributed by atoms with E-state index in [1.54, 1.807) is 0 Å². The molecule has 0 unspecified atom stereocenters. The maximum atomic E-state index is 12.3. The zero-order valence-electron chi connectivity index (χ0n) is 10.3. The first-order chi connectivity index (χ1) is 8.22. The first kappa shape index (κ1) is 12.3. The fraction of sp³-hybridized carbons (Fsp3) is 0.462. The summed E-state index contributed by atoms with van der Waals surface area (Å²) >= 11 is 1.92. The number of thioether (sulfide) groups is 1. The first-order valence-electron chi connectivity index (χ1n) is 5.88. The molecule has 1 aromatic rings. The molecule has 1 aliphatic rings. The molecule has 1 aromatic carbocycles. The van der Waals surface area contributed by atoms with E-state index < -0.39 is 0 Å². The summed E-state index contributed by atoms with van der Waals surface area (Å²) in [5.41, 5.74) is 2.92. The van der Waals surface area contributed by atoms with E-state index in [4.69, 9.17) is 0 Å². The van der Waals surface area contributed by atoms with E-state index in [2.05, 4.69) is 5.32 Å². The molecule has 1 aliphatic heterocycles. The molecule has 0 radical (unpaired) electrons. The van der Waals surface area contributed by atoms with E-state index in [-0.39, 0.29) is 5.91 Å². The van der Waals surface area contributed by atoms with Gasteiger partial charge in [-0.3, -0.25) is 4.79 Å². The Morgan fingerprint density at radius 2 is 2.06 bits per heavy atom. The Bertz CT molecular complexity index is 414. The van der Waals surface area contributed by atoms with Gasteiger partial charge in [-0.15, -0.1) is 0 Å². The molecule has 0 spiro atoms. The Balaban J connectivity index is 2.18. The third-order valence-electron chi connectivity index (χ3n) is 3.04. The second kappa shape index (κ2) is 5.45. The molecule has 3 nitrogen and oxygen atoms in total. The van der Waals surface area contributed by atoms with Crippen LogP contribution in [0.2, 0.25) is 0 Å². The van der Waals surface area contributed by atoms with E-state index in [0.717, 1.165) is 41.4 Å². The van der Waals surface area contributed by atoms with Crippen LogP contribution in [0.25, 0.3) is 0 Å². The zero-order chi connectivity index (χ0) is 12.3. The molecule has 0 aliphatic carbocycles. The number of nitrogens with one attached hydrogen (secondary N) is 1. The van der Waals surface area contributed by atoms with Crippen molar-refractivity contribution in [2.24, 2.45) is 0 Å². The summed E-state index contributed by atoms with van der Waals surface area (Å²) in [4.78, 5) is 14.3. The number of rotatable bonds is 2. The van der Waals surface area contributed by atoms with Crippen LogP contribution in [0.4, 0.5) is 5.69 Å². The number of aryl methyl sites for hydroxylation is 1. The monoisotopic (exact) mass is 250 g/mol. The molecular weight excluding hydrogens is 232 g/mol. The number of nitrogens with zero attached hydrogens (tertiary/aromatic N) is 1. The Morgan fingerprint density at radius 3 is 2.65 bits per heavy atom. The van der Waals surface area contributed by atoms with Crippen LogP contribution in [0.3, 0.4) is 0 Å². The zero-order valence-corrected chi connectivity index (χ0v) is 11.1. The second-order valence-corrected chi connectivity index (χ2v) is 5.41. The van der Waals surface area contributed by atoms with Gasteiger partial charge in [0.2, 0.25) is 0 Å². The summed E-state index contributed by atoms with van der Waals surface area (Å²) in [6, 6.07) is 5.90. The molecule has 1 N–H and O–H groups in total. The minimum absolute atomic E-state index is 0.172. The maximum absolute atomic E-state index is 12.3. The predicted molar refractivity (Wildman–Crippen MR) is 74.0 cm³/mol. The van der Waals surface area contributed by atoms with Crippen LogP contribution >= 0.6 is 11.8 Å². The van der Waals surface area contributed by atoms with Crippen LogP contribution in [0.15, 0.2) is 18.2 Å². The predicted octanol–water partition coefficient (Wildman–Crippen LogP) is 2.23. The summed E-state index contributed by atoms with van der Waals surface area (Å²) in [5, 5.41) is 3.09. The highest BCUT2D eigenvalue weighted by molar-refractivity contribution is 7.99. The molecular formula is C13H18N2OS. The summed E-state index contributed by atoms with van der Waals surface area (Å²) in [7, 11) is 1.89. The van der Waals surface area contributed by atoms with Gasteiger partial charge in [0, 0.05) is 42.9 Å². The van der Waals surface area contributed by atoms with Crippen LogP contribution < -0.4 is 5.32 Å². The smallest absolute Gasteiger partial charge is 0.254 e. The average molecular weight is 250 g/mol. The molecule has 0 saturated carbocycles. The van der Waals surface area contributed by atoms with Gasteiger partial charge in [0.15, 0.2) is 0 Å². The molecule has 2 rings (SSSR count). The summed E-state index contributed by atoms with van der Waals surface area (Å²) in [6.07, 6.45) is 0. The molecule has 17 heavy (non-hydrogen) atoms. The van der Waals surface area contributed by atoms with Crippen molar-refractivity contribution in [2.75, 3.05) is 37.0 Å². The van der Waals surface area contributed by atoms with Gasteiger partial charge in [0.1, 0.15) is 0 Å². The molecule has 0 aromatic heterocycles. The Hall–Kier alpha value is -1.16. The summed E-state index contributed by atoms with van der Waals surface area (Å²) in [5.74, 6) is 2.28. The van der Waals surface area contributed by atoms with Gasteiger partial charge in [0.05, 0.1) is 0 Å². The maximum Gasteiger partial charge on any atom is 0.254 e. The molecule has 4 heteroatoms. The van der Waals surface area contributed by atoms with Crippen LogP contribution in [0.1, 0.15) is 15.9 Å². The molecule has 1 saturated heterocycles. The molecule has 0 atom stereocenters. The third-order valence-corrected chi connectivity index (χ3v) is 3.99. The highest BCUT2D eigenvalue weighted by Crippen LogP contribution is 2.18. The topological polar surface area (TPSA) is 32.3 Å². The standard InChI is InChI=1S/C13H18N2OS/c1-10-9-11(14-2)3-4-12(10)13(16)15-5-7-17-8-6-15/h3-4,9,14H,5-8H2,1-2H3. The van der Waals surface area contributed by atoms with Crippen molar-refractivity contribution in [3.8, 4) is 0 Å². The van der Waals surface area contributed by atoms with E-state index in [1.165, 1.54) is 0 Å². The molecule has 1 fully saturated rings. The summed E-state index contributed by atoms with van der Waals surface area (Å²) < 4.78 is 0. The third kappa shape index (κ3) is 2.75. The average Bonchev–Trinajstić information content (AvgIpc) is 2.39. The number of hydrogen-bond acceptors (Lipinski definition) is 3. The second-order valence-electron chi connectivity index (χ2n) is 4.18. The largest absolute Gasteiger partial charge is 0.388 e. The van der Waals surface area contributed by atoms with Crippen molar-refractivity contribution in [3.05, 3.63) is 29.3 Å². The van der Waals surface area contributed by atoms with E-state index in [0.29, 0.717) is 0 Å². The van der Waals surface area contributed by atoms with Crippen LogP contribution in [0, 0.1) is 6.92 Å². The summed E-state index contributed by atoms with van der Waals surface area (Å²) in [6.45, 7) is 3.74. The minimum atomic E-state index is 0.172. The number of benzene rings is 1. The van der Waals surface area contributed by atoms with Crippen molar-refractivity contribution in [1.82, 2.24) is 4.90 Å². The van der Waals surface area contributed by atoms with Gasteiger partial charge in [-0.25, -0.2) is 0 Å². The van der Waals surface area contributed by atoms with Crippen molar-refractivity contribution >= 4 is 23.4 Å². The number of carbonyl (C=O) groups is 1. The quantitative estimate of drug-likeness (QED) is 0.873. The molecule has 1 amide bonds. The van der Waals surface area contributed by atoms with Crippen LogP contribution in [-0.2, 0) is 0 Å². The Labute approximate surface area is 107 Å². The Kier molecular flexibility index (Phi) is 3.94. The van der Waals surface area contributed by atoms with Crippen molar-refractivity contribution in [2.45, 2.75) is 6.92 Å². The van der Waals surface area contributed by atoms with Crippen molar-refractivity contribution in [3.63, 3.8) is 0 Å². The SMILES string of the molecule is CNc1ccc(C(=O)N2CCSCC2)c(C)c1. The fourth-order valence-electron chi connectivity index (χ4n) is 2.00. The lowest BCUT2D eigenvalue weighted by Crippen LogP contribution is -2.38. The minimum Gasteiger partial charge on any atom is -0.388 e. The highest BCUT2D eigenvalue weighted by atomic mass is 32.2. The van der Waals surface area contributed by atoms with Gasteiger partial charge in [0.25, 0.3) is 5.91 Å². The molecule has 1 heterocycles. The van der Waals surface area contributed by atoms with Gasteiger partial charge in [-0.1, -0.05) is 0 Å². The van der Waals surface area contributed by atoms with Crippen molar-refractivity contribution in [1.29, 1.82) is 0 Å². The number of anilines is 1. The van der Waals surface area contributed by atoms with E-state index >= 15 is 0 Å². The van der Waals surface area contributed by atoms with Crippen LogP contribution in [0.5, 0.6) is 0 Å². The van der Waals surface area contributed by atoms with Gasteiger partial charge in [-0.05, 0) is 30.7 Å². The fourth-order valence-corrected chi connectivity index (χ4v) is 2.90. The molecule has 92 valence electrons. The molecule has 0 bridgehead atoms. The lowest BCUT2D eigenvalue weighted by Gasteiger charge is -2.27.